The lowest BCUT2D eigenvalue weighted by Gasteiger charge is -2.25. The van der Waals surface area contributed by atoms with Gasteiger partial charge in [-0.05, 0) is 42.9 Å². The molecule has 0 saturated carbocycles. The van der Waals surface area contributed by atoms with Gasteiger partial charge in [0.05, 0.1) is 0 Å². The van der Waals surface area contributed by atoms with Crippen LogP contribution in [-0.4, -0.2) is 24.6 Å². The van der Waals surface area contributed by atoms with Crippen LogP contribution in [0.3, 0.4) is 0 Å². The Morgan fingerprint density at radius 1 is 1.29 bits per heavy atom. The summed E-state index contributed by atoms with van der Waals surface area (Å²) in [5.41, 5.74) is 7.07. The van der Waals surface area contributed by atoms with E-state index in [1.807, 2.05) is 6.20 Å². The number of nitrogens with two attached hydrogens (primary N) is 1. The van der Waals surface area contributed by atoms with E-state index in [0.29, 0.717) is 0 Å². The van der Waals surface area contributed by atoms with Crippen molar-refractivity contribution in [3.8, 4) is 0 Å². The van der Waals surface area contributed by atoms with Gasteiger partial charge < -0.3 is 10.6 Å². The molecule has 0 spiro atoms. The van der Waals surface area contributed by atoms with E-state index in [1.54, 1.807) is 0 Å². The molecule has 2 heterocycles. The second-order valence-corrected chi connectivity index (χ2v) is 5.52. The minimum absolute atomic E-state index is 0.130. The van der Waals surface area contributed by atoms with E-state index in [9.17, 15) is 0 Å². The Morgan fingerprint density at radius 3 is 2.53 bits per heavy atom. The molecule has 1 aromatic rings. The average Bonchev–Trinajstić information content (AvgIpc) is 2.82. The van der Waals surface area contributed by atoms with Crippen LogP contribution in [-0.2, 0) is 5.41 Å². The normalized spacial score (nSPS) is 16.5. The zero-order valence-corrected chi connectivity index (χ0v) is 10.9. The second kappa shape index (κ2) is 5.05. The van der Waals surface area contributed by atoms with E-state index in [2.05, 4.69) is 35.9 Å². The number of aromatic nitrogens is 1. The lowest BCUT2D eigenvalue weighted by Crippen LogP contribution is -2.23. The molecule has 0 unspecified atom stereocenters. The van der Waals surface area contributed by atoms with Crippen LogP contribution in [0.5, 0.6) is 0 Å². The molecule has 0 aromatic carbocycles. The maximum absolute atomic E-state index is 5.65. The summed E-state index contributed by atoms with van der Waals surface area (Å²) in [6, 6.07) is 4.36. The molecular formula is C14H23N3. The van der Waals surface area contributed by atoms with Crippen LogP contribution in [0.1, 0.15) is 38.7 Å². The van der Waals surface area contributed by atoms with Crippen molar-refractivity contribution in [1.29, 1.82) is 0 Å². The predicted octanol–water partition coefficient (Wildman–Crippen LogP) is 2.31. The summed E-state index contributed by atoms with van der Waals surface area (Å²) in [6.45, 7) is 7.48. The smallest absolute Gasteiger partial charge is 0.128 e. The number of hydrogen-bond donors (Lipinski definition) is 1. The molecule has 0 amide bonds. The summed E-state index contributed by atoms with van der Waals surface area (Å²) in [5, 5.41) is 0. The minimum atomic E-state index is 0.130. The Balaban J connectivity index is 2.12. The van der Waals surface area contributed by atoms with E-state index in [0.717, 1.165) is 31.9 Å². The van der Waals surface area contributed by atoms with Crippen LogP contribution in [0.4, 0.5) is 5.82 Å². The molecule has 2 rings (SSSR count). The van der Waals surface area contributed by atoms with Crippen molar-refractivity contribution in [3.05, 3.63) is 23.9 Å². The van der Waals surface area contributed by atoms with Gasteiger partial charge in [0.2, 0.25) is 0 Å². The summed E-state index contributed by atoms with van der Waals surface area (Å²) in [7, 11) is 0. The van der Waals surface area contributed by atoms with Crippen LogP contribution in [0, 0.1) is 0 Å². The third-order valence-electron chi connectivity index (χ3n) is 3.73. The van der Waals surface area contributed by atoms with E-state index in [4.69, 9.17) is 5.73 Å². The first-order valence-electron chi connectivity index (χ1n) is 6.55. The van der Waals surface area contributed by atoms with Gasteiger partial charge in [0.25, 0.3) is 0 Å². The first-order valence-corrected chi connectivity index (χ1v) is 6.55. The van der Waals surface area contributed by atoms with Gasteiger partial charge in [0, 0.05) is 19.3 Å². The highest BCUT2D eigenvalue weighted by atomic mass is 15.2. The number of nitrogens with zero attached hydrogens (tertiary/aromatic N) is 2. The van der Waals surface area contributed by atoms with E-state index >= 15 is 0 Å². The van der Waals surface area contributed by atoms with Gasteiger partial charge in [0.15, 0.2) is 0 Å². The molecule has 1 saturated heterocycles. The van der Waals surface area contributed by atoms with Gasteiger partial charge >= 0.3 is 0 Å². The lowest BCUT2D eigenvalue weighted by atomic mass is 9.82. The summed E-state index contributed by atoms with van der Waals surface area (Å²) < 4.78 is 0. The molecule has 2 N–H and O–H groups in total. The molecule has 1 fully saturated rings. The molecule has 1 aliphatic rings. The molecule has 94 valence electrons. The van der Waals surface area contributed by atoms with Gasteiger partial charge in [0.1, 0.15) is 5.82 Å². The maximum atomic E-state index is 5.65. The Bertz CT molecular complexity index is 350. The number of anilines is 1. The quantitative estimate of drug-likeness (QED) is 0.867. The van der Waals surface area contributed by atoms with Crippen molar-refractivity contribution in [2.45, 2.75) is 38.5 Å². The fourth-order valence-corrected chi connectivity index (χ4v) is 2.42. The van der Waals surface area contributed by atoms with Gasteiger partial charge in [-0.1, -0.05) is 19.9 Å². The summed E-state index contributed by atoms with van der Waals surface area (Å²) in [5.74, 6) is 1.12. The van der Waals surface area contributed by atoms with Gasteiger partial charge in [-0.15, -0.1) is 0 Å². The first-order chi connectivity index (χ1) is 8.13. The highest BCUT2D eigenvalue weighted by Gasteiger charge is 2.20. The van der Waals surface area contributed by atoms with E-state index in [1.165, 1.54) is 18.4 Å². The summed E-state index contributed by atoms with van der Waals surface area (Å²) in [6.07, 6.45) is 5.60. The largest absolute Gasteiger partial charge is 0.357 e. The number of pyridine rings is 1. The first kappa shape index (κ1) is 12.4. The Labute approximate surface area is 104 Å². The highest BCUT2D eigenvalue weighted by molar-refractivity contribution is 5.41. The van der Waals surface area contributed by atoms with Crippen molar-refractivity contribution in [2.75, 3.05) is 24.5 Å². The minimum Gasteiger partial charge on any atom is -0.357 e. The molecule has 3 nitrogen and oxygen atoms in total. The van der Waals surface area contributed by atoms with Crippen molar-refractivity contribution < 1.29 is 0 Å². The Kier molecular flexibility index (Phi) is 3.67. The molecule has 3 heteroatoms. The average molecular weight is 233 g/mol. The Morgan fingerprint density at radius 2 is 2.00 bits per heavy atom. The van der Waals surface area contributed by atoms with Crippen molar-refractivity contribution in [2.24, 2.45) is 5.73 Å². The van der Waals surface area contributed by atoms with Gasteiger partial charge in [-0.25, -0.2) is 4.98 Å². The second-order valence-electron chi connectivity index (χ2n) is 5.52. The number of hydrogen-bond acceptors (Lipinski definition) is 3. The van der Waals surface area contributed by atoms with Crippen LogP contribution in [0.2, 0.25) is 0 Å². The van der Waals surface area contributed by atoms with E-state index in [-0.39, 0.29) is 5.41 Å². The van der Waals surface area contributed by atoms with Crippen LogP contribution in [0.15, 0.2) is 18.3 Å². The van der Waals surface area contributed by atoms with Crippen LogP contribution >= 0.6 is 0 Å². The molecule has 0 bridgehead atoms. The molecule has 17 heavy (non-hydrogen) atoms. The highest BCUT2D eigenvalue weighted by Crippen LogP contribution is 2.27. The van der Waals surface area contributed by atoms with Gasteiger partial charge in [-0.2, -0.15) is 0 Å². The Hall–Kier alpha value is -1.09. The molecule has 1 aliphatic heterocycles. The molecule has 0 aliphatic carbocycles. The fourth-order valence-electron chi connectivity index (χ4n) is 2.42. The van der Waals surface area contributed by atoms with Gasteiger partial charge in [-0.3, -0.25) is 0 Å². The zero-order chi connectivity index (χ0) is 12.3. The monoisotopic (exact) mass is 233 g/mol. The van der Waals surface area contributed by atoms with Crippen LogP contribution < -0.4 is 10.6 Å². The van der Waals surface area contributed by atoms with Crippen molar-refractivity contribution in [3.63, 3.8) is 0 Å². The molecule has 0 radical (unpaired) electrons. The topological polar surface area (TPSA) is 42.1 Å². The standard InChI is InChI=1S/C14H23N3/c1-14(2,7-8-15)12-5-6-13(16-11-12)17-9-3-4-10-17/h5-6,11H,3-4,7-10,15H2,1-2H3. The lowest BCUT2D eigenvalue weighted by molar-refractivity contribution is 0.486. The van der Waals surface area contributed by atoms with Crippen molar-refractivity contribution >= 4 is 5.82 Å². The van der Waals surface area contributed by atoms with Crippen LogP contribution in [0.25, 0.3) is 0 Å². The number of rotatable bonds is 4. The third kappa shape index (κ3) is 2.78. The molecule has 0 atom stereocenters. The predicted molar refractivity (Wildman–Crippen MR) is 72.4 cm³/mol. The maximum Gasteiger partial charge on any atom is 0.128 e. The van der Waals surface area contributed by atoms with Crippen molar-refractivity contribution in [1.82, 2.24) is 4.98 Å². The third-order valence-corrected chi connectivity index (χ3v) is 3.73. The SMILES string of the molecule is CC(C)(CCN)c1ccc(N2CCCC2)nc1. The van der Waals surface area contributed by atoms with E-state index < -0.39 is 0 Å². The fraction of sp³-hybridized carbons (Fsp3) is 0.643. The molecular weight excluding hydrogens is 210 g/mol. The summed E-state index contributed by atoms with van der Waals surface area (Å²) in [4.78, 5) is 6.96. The molecule has 1 aromatic heterocycles. The summed E-state index contributed by atoms with van der Waals surface area (Å²) >= 11 is 0. The zero-order valence-electron chi connectivity index (χ0n) is 10.9.